The smallest absolute Gasteiger partial charge is 0.406 e. The lowest BCUT2D eigenvalue weighted by Crippen LogP contribution is -2.58. The summed E-state index contributed by atoms with van der Waals surface area (Å²) in [4.78, 5) is 37.3. The molecule has 1 aromatic rings. The zero-order valence-corrected chi connectivity index (χ0v) is 19.8. The fourth-order valence-electron chi connectivity index (χ4n) is 3.31. The number of carbonyl (C=O) groups excluding carboxylic acids is 3. The number of aliphatic hydroxyl groups excluding tert-OH is 2. The van der Waals surface area contributed by atoms with Gasteiger partial charge in [-0.3, -0.25) is 14.4 Å². The summed E-state index contributed by atoms with van der Waals surface area (Å²) in [6.07, 6.45) is -7.29. The summed E-state index contributed by atoms with van der Waals surface area (Å²) < 4.78 is 46.3. The maximum atomic E-state index is 13.3. The van der Waals surface area contributed by atoms with Crippen LogP contribution in [0.4, 0.5) is 13.2 Å². The molecular weight excluding hydrogens is 560 g/mol. The summed E-state index contributed by atoms with van der Waals surface area (Å²) in [5, 5.41) is 22.3. The lowest BCUT2D eigenvalue weighted by atomic mass is 9.88. The normalized spacial score (nSPS) is 20.6. The molecule has 3 N–H and O–H groups in total. The van der Waals surface area contributed by atoms with Gasteiger partial charge in [-0.1, -0.05) is 19.1 Å². The van der Waals surface area contributed by atoms with Gasteiger partial charge in [0.2, 0.25) is 11.7 Å². The zero-order chi connectivity index (χ0) is 24.8. The van der Waals surface area contributed by atoms with Crippen molar-refractivity contribution in [3.8, 4) is 5.75 Å². The van der Waals surface area contributed by atoms with Gasteiger partial charge in [-0.25, -0.2) is 0 Å². The number of amides is 2. The number of Topliss-reactive ketones (excluding diaryl/α,β-unsaturated/α-hetero) is 1. The largest absolute Gasteiger partial charge is 0.482 e. The average Bonchev–Trinajstić information content (AvgIpc) is 2.77. The minimum Gasteiger partial charge on any atom is -0.482 e. The number of hydrogen-bond acceptors (Lipinski definition) is 6. The van der Waals surface area contributed by atoms with Crippen LogP contribution in [-0.4, -0.2) is 76.8 Å². The van der Waals surface area contributed by atoms with Crippen LogP contribution in [0.25, 0.3) is 0 Å². The van der Waals surface area contributed by atoms with Gasteiger partial charge < -0.3 is 25.2 Å². The zero-order valence-electron chi connectivity index (χ0n) is 17.6. The van der Waals surface area contributed by atoms with Gasteiger partial charge in [-0.2, -0.15) is 13.2 Å². The molecule has 0 saturated carbocycles. The highest BCUT2D eigenvalue weighted by Gasteiger charge is 2.45. The highest BCUT2D eigenvalue weighted by molar-refractivity contribution is 14.1. The Labute approximate surface area is 201 Å². The van der Waals surface area contributed by atoms with E-state index in [9.17, 15) is 32.7 Å². The van der Waals surface area contributed by atoms with Crippen LogP contribution in [0.2, 0.25) is 0 Å². The Morgan fingerprint density at radius 1 is 1.27 bits per heavy atom. The van der Waals surface area contributed by atoms with E-state index >= 15 is 0 Å². The molecule has 33 heavy (non-hydrogen) atoms. The first kappa shape index (κ1) is 27.1. The SMILES string of the molecule is CCC(=O)C(=O)N(CC(F)(F)F)C1CC(C(=O)NCCO)=CC(Oc2ccccc2I)C1O. The first-order valence-electron chi connectivity index (χ1n) is 10.1. The van der Waals surface area contributed by atoms with E-state index in [1.807, 2.05) is 22.6 Å². The van der Waals surface area contributed by atoms with Crippen LogP contribution >= 0.6 is 22.6 Å². The van der Waals surface area contributed by atoms with Gasteiger partial charge in [0.1, 0.15) is 24.5 Å². The Kier molecular flexibility index (Phi) is 9.67. The van der Waals surface area contributed by atoms with Crippen molar-refractivity contribution in [1.82, 2.24) is 10.2 Å². The number of nitrogens with one attached hydrogen (secondary N) is 1. The second-order valence-corrected chi connectivity index (χ2v) is 8.43. The Morgan fingerprint density at radius 2 is 1.94 bits per heavy atom. The number of aliphatic hydroxyl groups is 2. The van der Waals surface area contributed by atoms with Crippen molar-refractivity contribution in [1.29, 1.82) is 0 Å². The highest BCUT2D eigenvalue weighted by atomic mass is 127. The predicted molar refractivity (Wildman–Crippen MR) is 119 cm³/mol. The fraction of sp³-hybridized carbons (Fsp3) is 0.476. The number of para-hydroxylation sites is 1. The highest BCUT2D eigenvalue weighted by Crippen LogP contribution is 2.31. The molecule has 8 nitrogen and oxygen atoms in total. The molecule has 1 aromatic carbocycles. The Balaban J connectivity index is 2.47. The van der Waals surface area contributed by atoms with Crippen molar-refractivity contribution in [3.05, 3.63) is 39.5 Å². The van der Waals surface area contributed by atoms with E-state index in [4.69, 9.17) is 9.84 Å². The first-order valence-corrected chi connectivity index (χ1v) is 11.2. The van der Waals surface area contributed by atoms with E-state index in [0.717, 1.165) is 0 Å². The van der Waals surface area contributed by atoms with Crippen LogP contribution in [-0.2, 0) is 14.4 Å². The van der Waals surface area contributed by atoms with Crippen molar-refractivity contribution in [2.75, 3.05) is 19.7 Å². The lowest BCUT2D eigenvalue weighted by molar-refractivity contribution is -0.174. The summed E-state index contributed by atoms with van der Waals surface area (Å²) in [5.41, 5.74) is -0.0430. The molecule has 3 unspecified atom stereocenters. The van der Waals surface area contributed by atoms with Gasteiger partial charge in [0.25, 0.3) is 5.91 Å². The van der Waals surface area contributed by atoms with Crippen LogP contribution in [0.15, 0.2) is 35.9 Å². The average molecular weight is 584 g/mol. The molecule has 0 spiro atoms. The van der Waals surface area contributed by atoms with E-state index in [1.165, 1.54) is 13.0 Å². The number of nitrogens with zero attached hydrogens (tertiary/aromatic N) is 1. The molecule has 0 heterocycles. The van der Waals surface area contributed by atoms with E-state index in [1.54, 1.807) is 24.3 Å². The molecule has 0 saturated heterocycles. The van der Waals surface area contributed by atoms with Crippen LogP contribution in [0.3, 0.4) is 0 Å². The van der Waals surface area contributed by atoms with Gasteiger partial charge in [0, 0.05) is 25.0 Å². The molecule has 0 aliphatic heterocycles. The third kappa shape index (κ3) is 7.40. The van der Waals surface area contributed by atoms with Crippen molar-refractivity contribution in [2.45, 2.75) is 44.2 Å². The molecule has 2 amide bonds. The van der Waals surface area contributed by atoms with E-state index in [0.29, 0.717) is 9.32 Å². The lowest BCUT2D eigenvalue weighted by Gasteiger charge is -2.40. The van der Waals surface area contributed by atoms with Crippen molar-refractivity contribution >= 4 is 40.2 Å². The molecule has 0 bridgehead atoms. The quantitative estimate of drug-likeness (QED) is 0.300. The topological polar surface area (TPSA) is 116 Å². The van der Waals surface area contributed by atoms with Crippen LogP contribution in [0.1, 0.15) is 19.8 Å². The molecule has 1 aliphatic rings. The summed E-state index contributed by atoms with van der Waals surface area (Å²) >= 11 is 1.97. The maximum Gasteiger partial charge on any atom is 0.406 e. The molecule has 1 aliphatic carbocycles. The molecule has 2 rings (SSSR count). The summed E-state index contributed by atoms with van der Waals surface area (Å²) in [5.74, 6) is -2.84. The first-order chi connectivity index (χ1) is 15.5. The van der Waals surface area contributed by atoms with Gasteiger partial charge in [-0.05, 0) is 40.8 Å². The van der Waals surface area contributed by atoms with E-state index in [-0.39, 0.29) is 30.0 Å². The number of hydrogen-bond donors (Lipinski definition) is 3. The maximum absolute atomic E-state index is 13.3. The van der Waals surface area contributed by atoms with Crippen molar-refractivity contribution in [3.63, 3.8) is 0 Å². The standard InChI is InChI=1S/C21H24F3IN2O6/c1-2-15(29)20(32)27(11-21(22,23)24)14-9-12(19(31)26-7-8-28)10-17(18(14)30)33-16-6-4-3-5-13(16)25/h3-6,10,14,17-18,28,30H,2,7-9,11H2,1H3,(H,26,31). The van der Waals surface area contributed by atoms with Crippen LogP contribution in [0, 0.1) is 3.57 Å². The molecule has 0 aromatic heterocycles. The molecular formula is C21H24F3IN2O6. The molecule has 0 fully saturated rings. The van der Waals surface area contributed by atoms with Gasteiger partial charge in [-0.15, -0.1) is 0 Å². The number of benzene rings is 1. The van der Waals surface area contributed by atoms with E-state index in [2.05, 4.69) is 5.32 Å². The Bertz CT molecular complexity index is 908. The van der Waals surface area contributed by atoms with Gasteiger partial charge >= 0.3 is 6.18 Å². The predicted octanol–water partition coefficient (Wildman–Crippen LogP) is 1.58. The monoisotopic (exact) mass is 584 g/mol. The van der Waals surface area contributed by atoms with Crippen LogP contribution in [0.5, 0.6) is 5.75 Å². The minimum absolute atomic E-state index is 0.0430. The molecule has 0 radical (unpaired) electrons. The number of rotatable bonds is 9. The Morgan fingerprint density at radius 3 is 2.52 bits per heavy atom. The molecule has 3 atom stereocenters. The van der Waals surface area contributed by atoms with Crippen LogP contribution < -0.4 is 10.1 Å². The molecule has 182 valence electrons. The number of alkyl halides is 3. The number of carbonyl (C=O) groups is 3. The number of halogens is 4. The van der Waals surface area contributed by atoms with E-state index < -0.39 is 55.0 Å². The second kappa shape index (κ2) is 11.8. The number of ether oxygens (including phenoxy) is 1. The summed E-state index contributed by atoms with van der Waals surface area (Å²) in [6.45, 7) is -0.914. The van der Waals surface area contributed by atoms with Gasteiger partial charge in [0.15, 0.2) is 0 Å². The summed E-state index contributed by atoms with van der Waals surface area (Å²) in [6, 6.07) is 5.12. The van der Waals surface area contributed by atoms with Crippen molar-refractivity contribution in [2.24, 2.45) is 0 Å². The van der Waals surface area contributed by atoms with Gasteiger partial charge in [0.05, 0.1) is 16.2 Å². The number of ketones is 1. The molecule has 12 heteroatoms. The summed E-state index contributed by atoms with van der Waals surface area (Å²) in [7, 11) is 0. The minimum atomic E-state index is -4.85. The fourth-order valence-corrected chi connectivity index (χ4v) is 3.83. The third-order valence-corrected chi connectivity index (χ3v) is 5.78. The van der Waals surface area contributed by atoms with Crippen molar-refractivity contribution < 1.29 is 42.5 Å². The second-order valence-electron chi connectivity index (χ2n) is 7.27. The Hall–Kier alpha value is -2.19. The third-order valence-electron chi connectivity index (χ3n) is 4.88.